The molecule has 0 aliphatic carbocycles. The van der Waals surface area contributed by atoms with Crippen molar-refractivity contribution in [3.05, 3.63) is 35.7 Å². The van der Waals surface area contributed by atoms with Gasteiger partial charge in [0.25, 0.3) is 5.91 Å². The van der Waals surface area contributed by atoms with Crippen molar-refractivity contribution in [2.75, 3.05) is 19.6 Å². The first-order chi connectivity index (χ1) is 12.9. The van der Waals surface area contributed by atoms with Gasteiger partial charge in [-0.05, 0) is 55.8 Å². The van der Waals surface area contributed by atoms with Crippen LogP contribution in [0.1, 0.15) is 56.3 Å². The number of hydrogen-bond acceptors (Lipinski definition) is 5. The maximum absolute atomic E-state index is 12.5. The molecule has 3 rings (SSSR count). The molecule has 1 aliphatic rings. The number of nitrogens with zero attached hydrogens (tertiary/aromatic N) is 2. The van der Waals surface area contributed by atoms with Crippen molar-refractivity contribution >= 4 is 5.91 Å². The van der Waals surface area contributed by atoms with Gasteiger partial charge >= 0.3 is 0 Å². The summed E-state index contributed by atoms with van der Waals surface area (Å²) in [6.07, 6.45) is 4.20. The summed E-state index contributed by atoms with van der Waals surface area (Å²) >= 11 is 0. The van der Waals surface area contributed by atoms with Crippen LogP contribution in [0, 0.1) is 11.3 Å². The van der Waals surface area contributed by atoms with E-state index in [-0.39, 0.29) is 11.3 Å². The van der Waals surface area contributed by atoms with Crippen LogP contribution in [-0.4, -0.2) is 35.7 Å². The molecule has 146 valence electrons. The monoisotopic (exact) mass is 370 g/mol. The Morgan fingerprint density at radius 2 is 2.22 bits per heavy atom. The zero-order valence-corrected chi connectivity index (χ0v) is 16.5. The zero-order valence-electron chi connectivity index (χ0n) is 16.5. The fourth-order valence-electron chi connectivity index (χ4n) is 3.36. The molecule has 1 saturated heterocycles. The first kappa shape index (κ1) is 19.5. The predicted molar refractivity (Wildman–Crippen MR) is 105 cm³/mol. The number of amides is 1. The highest BCUT2D eigenvalue weighted by molar-refractivity contribution is 5.95. The Hall–Kier alpha value is -2.21. The van der Waals surface area contributed by atoms with Crippen molar-refractivity contribution in [3.63, 3.8) is 0 Å². The molecule has 2 heterocycles. The Balaban J connectivity index is 1.58. The summed E-state index contributed by atoms with van der Waals surface area (Å²) in [5.74, 6) is 1.75. The second-order valence-electron chi connectivity index (χ2n) is 8.59. The van der Waals surface area contributed by atoms with Crippen molar-refractivity contribution < 1.29 is 9.32 Å². The number of benzene rings is 1. The minimum atomic E-state index is -0.0565. The van der Waals surface area contributed by atoms with Gasteiger partial charge in [0.1, 0.15) is 0 Å². The molecule has 2 N–H and O–H groups in total. The molecule has 6 nitrogen and oxygen atoms in total. The number of piperidine rings is 1. The van der Waals surface area contributed by atoms with Gasteiger partial charge in [0.2, 0.25) is 11.7 Å². The van der Waals surface area contributed by atoms with Gasteiger partial charge < -0.3 is 15.2 Å². The van der Waals surface area contributed by atoms with Crippen molar-refractivity contribution in [1.29, 1.82) is 0 Å². The second-order valence-corrected chi connectivity index (χ2v) is 8.59. The first-order valence-corrected chi connectivity index (χ1v) is 9.83. The predicted octanol–water partition coefficient (Wildman–Crippen LogP) is 3.44. The molecule has 1 aromatic carbocycles. The summed E-state index contributed by atoms with van der Waals surface area (Å²) in [4.78, 5) is 16.9. The standard InChI is InChI=1S/C21H30N4O2/c1-21(2,3)13-18-24-19(25-27-18)16-7-4-8-17(12-16)20(26)23-11-9-15-6-5-10-22-14-15/h4,7-8,12,15,22H,5-6,9-11,13-14H2,1-3H3,(H,23,26). The van der Waals surface area contributed by atoms with E-state index in [9.17, 15) is 4.79 Å². The van der Waals surface area contributed by atoms with Gasteiger partial charge in [-0.2, -0.15) is 4.98 Å². The van der Waals surface area contributed by atoms with E-state index in [4.69, 9.17) is 4.52 Å². The van der Waals surface area contributed by atoms with Crippen molar-refractivity contribution in [3.8, 4) is 11.4 Å². The van der Waals surface area contributed by atoms with Gasteiger partial charge in [0.05, 0.1) is 0 Å². The fraction of sp³-hybridized carbons (Fsp3) is 0.571. The van der Waals surface area contributed by atoms with Crippen LogP contribution in [0.4, 0.5) is 0 Å². The van der Waals surface area contributed by atoms with E-state index in [2.05, 4.69) is 41.5 Å². The van der Waals surface area contributed by atoms with Crippen LogP contribution in [0.15, 0.2) is 28.8 Å². The molecular formula is C21H30N4O2. The van der Waals surface area contributed by atoms with E-state index in [1.54, 1.807) is 0 Å². The lowest BCUT2D eigenvalue weighted by atomic mass is 9.92. The maximum Gasteiger partial charge on any atom is 0.251 e. The summed E-state index contributed by atoms with van der Waals surface area (Å²) in [6.45, 7) is 9.26. The zero-order chi connectivity index (χ0) is 19.3. The summed E-state index contributed by atoms with van der Waals surface area (Å²) in [6, 6.07) is 7.39. The molecule has 1 fully saturated rings. The van der Waals surface area contributed by atoms with Crippen LogP contribution in [-0.2, 0) is 6.42 Å². The van der Waals surface area contributed by atoms with Gasteiger partial charge in [-0.3, -0.25) is 4.79 Å². The molecule has 1 unspecified atom stereocenters. The number of nitrogens with one attached hydrogen (secondary N) is 2. The summed E-state index contributed by atoms with van der Waals surface area (Å²) in [5.41, 5.74) is 1.50. The quantitative estimate of drug-likeness (QED) is 0.814. The molecule has 1 aromatic heterocycles. The first-order valence-electron chi connectivity index (χ1n) is 9.83. The Labute approximate surface area is 161 Å². The van der Waals surface area contributed by atoms with Crippen molar-refractivity contribution in [1.82, 2.24) is 20.8 Å². The van der Waals surface area contributed by atoms with E-state index in [1.807, 2.05) is 24.3 Å². The number of aromatic nitrogens is 2. The topological polar surface area (TPSA) is 80.0 Å². The Morgan fingerprint density at radius 3 is 2.96 bits per heavy atom. The summed E-state index contributed by atoms with van der Waals surface area (Å²) in [7, 11) is 0. The Bertz CT molecular complexity index is 758. The lowest BCUT2D eigenvalue weighted by molar-refractivity contribution is 0.0950. The highest BCUT2D eigenvalue weighted by Gasteiger charge is 2.18. The largest absolute Gasteiger partial charge is 0.352 e. The van der Waals surface area contributed by atoms with Gasteiger partial charge in [-0.25, -0.2) is 0 Å². The average molecular weight is 370 g/mol. The van der Waals surface area contributed by atoms with Gasteiger partial charge in [0.15, 0.2) is 0 Å². The van der Waals surface area contributed by atoms with Gasteiger partial charge in [0, 0.05) is 24.1 Å². The third-order valence-corrected chi connectivity index (χ3v) is 4.77. The fourth-order valence-corrected chi connectivity index (χ4v) is 3.36. The average Bonchev–Trinajstić information content (AvgIpc) is 3.09. The lowest BCUT2D eigenvalue weighted by Gasteiger charge is -2.22. The van der Waals surface area contributed by atoms with Crippen LogP contribution >= 0.6 is 0 Å². The van der Waals surface area contributed by atoms with Crippen LogP contribution < -0.4 is 10.6 Å². The number of carbonyl (C=O) groups excluding carboxylic acids is 1. The molecule has 0 radical (unpaired) electrons. The molecule has 1 amide bonds. The SMILES string of the molecule is CC(C)(C)Cc1nc(-c2cccc(C(=O)NCCC3CCCNC3)c2)no1. The highest BCUT2D eigenvalue weighted by Crippen LogP contribution is 2.22. The molecular weight excluding hydrogens is 340 g/mol. The molecule has 6 heteroatoms. The van der Waals surface area contributed by atoms with E-state index in [0.717, 1.165) is 31.5 Å². The molecule has 1 aliphatic heterocycles. The van der Waals surface area contributed by atoms with Crippen LogP contribution in [0.5, 0.6) is 0 Å². The van der Waals surface area contributed by atoms with Crippen LogP contribution in [0.2, 0.25) is 0 Å². The summed E-state index contributed by atoms with van der Waals surface area (Å²) < 4.78 is 5.36. The second kappa shape index (κ2) is 8.65. The van der Waals surface area contributed by atoms with Crippen molar-refractivity contribution in [2.24, 2.45) is 11.3 Å². The van der Waals surface area contributed by atoms with E-state index in [1.165, 1.54) is 12.8 Å². The maximum atomic E-state index is 12.5. The molecule has 1 atom stereocenters. The minimum Gasteiger partial charge on any atom is -0.352 e. The highest BCUT2D eigenvalue weighted by atomic mass is 16.5. The number of rotatable bonds is 6. The molecule has 0 spiro atoms. The molecule has 0 bridgehead atoms. The van der Waals surface area contributed by atoms with Crippen LogP contribution in [0.3, 0.4) is 0 Å². The molecule has 0 saturated carbocycles. The molecule has 2 aromatic rings. The normalized spacial score (nSPS) is 17.7. The molecule has 27 heavy (non-hydrogen) atoms. The van der Waals surface area contributed by atoms with E-state index >= 15 is 0 Å². The Kier molecular flexibility index (Phi) is 6.26. The van der Waals surface area contributed by atoms with E-state index < -0.39 is 0 Å². The third-order valence-electron chi connectivity index (χ3n) is 4.77. The summed E-state index contributed by atoms with van der Waals surface area (Å²) in [5, 5.41) is 10.5. The van der Waals surface area contributed by atoms with Gasteiger partial charge in [-0.15, -0.1) is 0 Å². The Morgan fingerprint density at radius 1 is 1.37 bits per heavy atom. The van der Waals surface area contributed by atoms with Crippen molar-refractivity contribution in [2.45, 2.75) is 46.5 Å². The number of carbonyl (C=O) groups is 1. The number of hydrogen-bond donors (Lipinski definition) is 2. The third kappa shape index (κ3) is 5.89. The lowest BCUT2D eigenvalue weighted by Crippen LogP contribution is -2.33. The van der Waals surface area contributed by atoms with Gasteiger partial charge in [-0.1, -0.05) is 38.1 Å². The van der Waals surface area contributed by atoms with Crippen LogP contribution in [0.25, 0.3) is 11.4 Å². The smallest absolute Gasteiger partial charge is 0.251 e. The van der Waals surface area contributed by atoms with E-state index in [0.29, 0.717) is 29.7 Å². The minimum absolute atomic E-state index is 0.0565.